The number of rotatable bonds is 3. The zero-order valence-electron chi connectivity index (χ0n) is 10.1. The van der Waals surface area contributed by atoms with Crippen LogP contribution in [0.25, 0.3) is 0 Å². The van der Waals surface area contributed by atoms with Gasteiger partial charge in [-0.25, -0.2) is 4.39 Å². The minimum absolute atomic E-state index is 0.328. The van der Waals surface area contributed by atoms with Gasteiger partial charge in [0.2, 0.25) is 5.91 Å². The summed E-state index contributed by atoms with van der Waals surface area (Å²) < 4.78 is 13.0. The zero-order valence-corrected chi connectivity index (χ0v) is 10.1. The van der Waals surface area contributed by atoms with Gasteiger partial charge >= 0.3 is 0 Å². The van der Waals surface area contributed by atoms with Gasteiger partial charge in [-0.1, -0.05) is 12.1 Å². The van der Waals surface area contributed by atoms with Crippen molar-refractivity contribution in [1.29, 1.82) is 5.26 Å². The van der Waals surface area contributed by atoms with E-state index in [1.807, 2.05) is 6.07 Å². The van der Waals surface area contributed by atoms with Crippen LogP contribution in [0, 0.1) is 22.6 Å². The molecule has 4 heteroatoms. The first-order valence-electron chi connectivity index (χ1n) is 5.34. The van der Waals surface area contributed by atoms with Crippen LogP contribution in [0.2, 0.25) is 0 Å². The molecular formula is C13H15FN2O. The van der Waals surface area contributed by atoms with Gasteiger partial charge in [-0.05, 0) is 38.5 Å². The number of carbonyl (C=O) groups is 1. The summed E-state index contributed by atoms with van der Waals surface area (Å²) in [4.78, 5) is 11.7. The summed E-state index contributed by atoms with van der Waals surface area (Å²) in [6.07, 6.45) is 0. The van der Waals surface area contributed by atoms with Crippen molar-refractivity contribution in [1.82, 2.24) is 5.32 Å². The second-order valence-corrected chi connectivity index (χ2v) is 4.49. The Hall–Kier alpha value is -1.89. The molecule has 0 aromatic heterocycles. The molecule has 0 aliphatic rings. The predicted molar refractivity (Wildman–Crippen MR) is 62.4 cm³/mol. The van der Waals surface area contributed by atoms with Crippen LogP contribution in [-0.4, -0.2) is 5.91 Å². The molecule has 0 heterocycles. The maximum atomic E-state index is 13.0. The van der Waals surface area contributed by atoms with Crippen molar-refractivity contribution in [2.45, 2.75) is 26.8 Å². The van der Waals surface area contributed by atoms with Crippen LogP contribution in [0.4, 0.5) is 4.39 Å². The van der Waals surface area contributed by atoms with Crippen LogP contribution in [0.1, 0.15) is 32.4 Å². The molecule has 0 fully saturated rings. The molecule has 0 aliphatic carbocycles. The highest BCUT2D eigenvalue weighted by molar-refractivity contribution is 5.84. The zero-order chi connectivity index (χ0) is 13.1. The maximum Gasteiger partial charge on any atom is 0.240 e. The van der Waals surface area contributed by atoms with E-state index in [1.54, 1.807) is 32.9 Å². The Labute approximate surface area is 100 Å². The Morgan fingerprint density at radius 3 is 2.71 bits per heavy atom. The fraction of sp³-hybridized carbons (Fsp3) is 0.385. The van der Waals surface area contributed by atoms with Gasteiger partial charge in [0.05, 0.1) is 12.1 Å². The molecule has 0 saturated carbocycles. The molecule has 1 rings (SSSR count). The van der Waals surface area contributed by atoms with Crippen molar-refractivity contribution in [2.75, 3.05) is 0 Å². The number of hydrogen-bond donors (Lipinski definition) is 1. The Morgan fingerprint density at radius 1 is 1.53 bits per heavy atom. The number of halogens is 1. The summed E-state index contributed by atoms with van der Waals surface area (Å²) in [7, 11) is 0. The molecule has 0 aliphatic heterocycles. The Kier molecular flexibility index (Phi) is 3.84. The SMILES string of the molecule is CC(NC(=O)C(C)(C)C#N)c1cccc(F)c1. The Morgan fingerprint density at radius 2 is 2.18 bits per heavy atom. The van der Waals surface area contributed by atoms with E-state index >= 15 is 0 Å². The lowest BCUT2D eigenvalue weighted by Gasteiger charge is -2.20. The summed E-state index contributed by atoms with van der Waals surface area (Å²) in [5, 5.41) is 11.5. The first-order valence-corrected chi connectivity index (χ1v) is 5.34. The van der Waals surface area contributed by atoms with Crippen LogP contribution in [-0.2, 0) is 4.79 Å². The lowest BCUT2D eigenvalue weighted by molar-refractivity contribution is -0.127. The Balaban J connectivity index is 2.78. The number of hydrogen-bond acceptors (Lipinski definition) is 2. The van der Waals surface area contributed by atoms with Gasteiger partial charge in [0, 0.05) is 0 Å². The number of amides is 1. The highest BCUT2D eigenvalue weighted by atomic mass is 19.1. The minimum Gasteiger partial charge on any atom is -0.348 e. The van der Waals surface area contributed by atoms with Crippen molar-refractivity contribution in [3.05, 3.63) is 35.6 Å². The third kappa shape index (κ3) is 3.28. The quantitative estimate of drug-likeness (QED) is 0.873. The summed E-state index contributed by atoms with van der Waals surface area (Å²) in [5.41, 5.74) is -0.409. The highest BCUT2D eigenvalue weighted by Crippen LogP contribution is 2.18. The van der Waals surface area contributed by atoms with E-state index in [-0.39, 0.29) is 17.8 Å². The number of benzene rings is 1. The number of carbonyl (C=O) groups excluding carboxylic acids is 1. The first-order chi connectivity index (χ1) is 7.86. The van der Waals surface area contributed by atoms with Crippen molar-refractivity contribution in [3.63, 3.8) is 0 Å². The molecule has 1 aromatic rings. The van der Waals surface area contributed by atoms with Gasteiger partial charge in [-0.2, -0.15) is 5.26 Å². The van der Waals surface area contributed by atoms with E-state index < -0.39 is 5.41 Å². The average Bonchev–Trinajstić information content (AvgIpc) is 2.28. The van der Waals surface area contributed by atoms with Gasteiger partial charge in [-0.15, -0.1) is 0 Å². The smallest absolute Gasteiger partial charge is 0.240 e. The monoisotopic (exact) mass is 234 g/mol. The van der Waals surface area contributed by atoms with Crippen molar-refractivity contribution < 1.29 is 9.18 Å². The number of nitrogens with zero attached hydrogens (tertiary/aromatic N) is 1. The summed E-state index contributed by atoms with van der Waals surface area (Å²) >= 11 is 0. The molecule has 17 heavy (non-hydrogen) atoms. The fourth-order valence-electron chi connectivity index (χ4n) is 1.29. The molecule has 0 radical (unpaired) electrons. The highest BCUT2D eigenvalue weighted by Gasteiger charge is 2.28. The van der Waals surface area contributed by atoms with Crippen molar-refractivity contribution in [3.8, 4) is 6.07 Å². The maximum absolute atomic E-state index is 13.0. The molecule has 90 valence electrons. The molecule has 1 atom stereocenters. The Bertz CT molecular complexity index is 463. The minimum atomic E-state index is -1.08. The van der Waals surface area contributed by atoms with Gasteiger partial charge in [0.15, 0.2) is 0 Å². The normalized spacial score (nSPS) is 12.6. The molecule has 3 nitrogen and oxygen atoms in total. The molecule has 0 spiro atoms. The topological polar surface area (TPSA) is 52.9 Å². The third-order valence-corrected chi connectivity index (χ3v) is 2.54. The fourth-order valence-corrected chi connectivity index (χ4v) is 1.29. The standard InChI is InChI=1S/C13H15FN2O/c1-9(10-5-4-6-11(14)7-10)16-12(17)13(2,3)8-15/h4-7,9H,1-3H3,(H,16,17). The molecule has 1 unspecified atom stereocenters. The third-order valence-electron chi connectivity index (χ3n) is 2.54. The van der Waals surface area contributed by atoms with E-state index in [2.05, 4.69) is 5.32 Å². The lowest BCUT2D eigenvalue weighted by atomic mass is 9.94. The van der Waals surface area contributed by atoms with E-state index in [0.29, 0.717) is 5.56 Å². The molecule has 1 amide bonds. The van der Waals surface area contributed by atoms with Crippen LogP contribution in [0.3, 0.4) is 0 Å². The van der Waals surface area contributed by atoms with Crippen LogP contribution in [0.5, 0.6) is 0 Å². The van der Waals surface area contributed by atoms with E-state index in [1.165, 1.54) is 12.1 Å². The molecular weight excluding hydrogens is 219 g/mol. The van der Waals surface area contributed by atoms with E-state index in [9.17, 15) is 9.18 Å². The average molecular weight is 234 g/mol. The second kappa shape index (κ2) is 4.96. The summed E-state index contributed by atoms with van der Waals surface area (Å²) in [6, 6.07) is 7.62. The van der Waals surface area contributed by atoms with Crippen molar-refractivity contribution >= 4 is 5.91 Å². The van der Waals surface area contributed by atoms with Crippen LogP contribution >= 0.6 is 0 Å². The lowest BCUT2D eigenvalue weighted by Crippen LogP contribution is -2.37. The summed E-state index contributed by atoms with van der Waals surface area (Å²) in [5.74, 6) is -0.708. The first kappa shape index (κ1) is 13.2. The van der Waals surface area contributed by atoms with E-state index in [0.717, 1.165) is 0 Å². The van der Waals surface area contributed by atoms with Crippen molar-refractivity contribution in [2.24, 2.45) is 5.41 Å². The predicted octanol–water partition coefficient (Wildman–Crippen LogP) is 2.55. The molecule has 0 saturated heterocycles. The largest absolute Gasteiger partial charge is 0.348 e. The van der Waals surface area contributed by atoms with E-state index in [4.69, 9.17) is 5.26 Å². The van der Waals surface area contributed by atoms with Crippen LogP contribution < -0.4 is 5.32 Å². The van der Waals surface area contributed by atoms with Gasteiger partial charge in [0.25, 0.3) is 0 Å². The number of nitrogens with one attached hydrogen (secondary N) is 1. The number of nitriles is 1. The van der Waals surface area contributed by atoms with Crippen LogP contribution in [0.15, 0.2) is 24.3 Å². The molecule has 1 N–H and O–H groups in total. The molecule has 1 aromatic carbocycles. The van der Waals surface area contributed by atoms with Gasteiger partial charge in [0.1, 0.15) is 11.2 Å². The molecule has 0 bridgehead atoms. The summed E-state index contributed by atoms with van der Waals surface area (Å²) in [6.45, 7) is 4.83. The van der Waals surface area contributed by atoms with Gasteiger partial charge < -0.3 is 5.32 Å². The second-order valence-electron chi connectivity index (χ2n) is 4.49. The van der Waals surface area contributed by atoms with Gasteiger partial charge in [-0.3, -0.25) is 4.79 Å².